The summed E-state index contributed by atoms with van der Waals surface area (Å²) >= 11 is 0. The van der Waals surface area contributed by atoms with Crippen LogP contribution in [0.5, 0.6) is 11.5 Å². The maximum absolute atomic E-state index is 13.8. The van der Waals surface area contributed by atoms with E-state index >= 15 is 0 Å². The lowest BCUT2D eigenvalue weighted by molar-refractivity contribution is 0.174. The van der Waals surface area contributed by atoms with Crippen LogP contribution in [0.25, 0.3) is 10.9 Å². The molecule has 1 N–H and O–H groups in total. The highest BCUT2D eigenvalue weighted by molar-refractivity contribution is 5.83. The van der Waals surface area contributed by atoms with Crippen LogP contribution in [0, 0.1) is 5.82 Å². The Morgan fingerprint density at radius 3 is 2.62 bits per heavy atom. The van der Waals surface area contributed by atoms with E-state index in [-0.39, 0.29) is 24.2 Å². The fourth-order valence-corrected chi connectivity index (χ4v) is 5.77. The fraction of sp³-hybridized carbons (Fsp3) is 0.310. The summed E-state index contributed by atoms with van der Waals surface area (Å²) in [4.78, 5) is 18.9. The lowest BCUT2D eigenvalue weighted by Gasteiger charge is -2.31. The van der Waals surface area contributed by atoms with Gasteiger partial charge >= 0.3 is 0 Å². The van der Waals surface area contributed by atoms with Crippen molar-refractivity contribution in [1.29, 1.82) is 0 Å². The molecule has 2 aliphatic rings. The van der Waals surface area contributed by atoms with Crippen LogP contribution in [-0.2, 0) is 13.1 Å². The normalized spacial score (nSPS) is 15.8. The van der Waals surface area contributed by atoms with Gasteiger partial charge in [0, 0.05) is 23.6 Å². The van der Waals surface area contributed by atoms with Gasteiger partial charge in [-0.05, 0) is 65.2 Å². The van der Waals surface area contributed by atoms with Crippen LogP contribution < -0.4 is 15.0 Å². The van der Waals surface area contributed by atoms with Gasteiger partial charge in [-0.1, -0.05) is 25.0 Å². The van der Waals surface area contributed by atoms with Crippen molar-refractivity contribution < 1.29 is 18.3 Å². The van der Waals surface area contributed by atoms with Crippen molar-refractivity contribution in [2.24, 2.45) is 0 Å². The number of benzene rings is 2. The SMILES string of the molecule is O=c1[nH]c2cc3c(cc2cc1C(c1nnnn1C1CCCC1)N(Cc1ccc(F)cc1)Cc1ccco1)OCO3. The quantitative estimate of drug-likeness (QED) is 0.295. The number of fused-ring (bicyclic) bond motifs is 2. The monoisotopic (exact) mass is 542 g/mol. The van der Waals surface area contributed by atoms with Crippen LogP contribution in [0.3, 0.4) is 0 Å². The second-order valence-electron chi connectivity index (χ2n) is 10.3. The molecule has 10 nitrogen and oxygen atoms in total. The Labute approximate surface area is 228 Å². The Hall–Kier alpha value is -4.51. The Kier molecular flexibility index (Phi) is 6.27. The van der Waals surface area contributed by atoms with E-state index in [2.05, 4.69) is 25.4 Å². The van der Waals surface area contributed by atoms with Crippen molar-refractivity contribution >= 4 is 10.9 Å². The number of ether oxygens (including phenoxy) is 2. The van der Waals surface area contributed by atoms with Gasteiger partial charge in [0.2, 0.25) is 6.79 Å². The van der Waals surface area contributed by atoms with Crippen LogP contribution in [0.4, 0.5) is 4.39 Å². The summed E-state index contributed by atoms with van der Waals surface area (Å²) in [6, 6.07) is 15.1. The van der Waals surface area contributed by atoms with Crippen molar-refractivity contribution in [3.8, 4) is 11.5 Å². The average Bonchev–Trinajstić information content (AvgIpc) is 3.77. The zero-order chi connectivity index (χ0) is 27.1. The predicted molar refractivity (Wildman–Crippen MR) is 142 cm³/mol. The summed E-state index contributed by atoms with van der Waals surface area (Å²) in [5, 5.41) is 13.7. The maximum Gasteiger partial charge on any atom is 0.253 e. The molecule has 0 amide bonds. The number of H-pyrrole nitrogens is 1. The van der Waals surface area contributed by atoms with Crippen LogP contribution in [-0.4, -0.2) is 36.9 Å². The summed E-state index contributed by atoms with van der Waals surface area (Å²) in [6.45, 7) is 0.892. The van der Waals surface area contributed by atoms with Crippen molar-refractivity contribution in [3.63, 3.8) is 0 Å². The average molecular weight is 543 g/mol. The number of nitrogens with zero attached hydrogens (tertiary/aromatic N) is 5. The molecule has 2 aromatic carbocycles. The first kappa shape index (κ1) is 24.5. The molecule has 5 aromatic rings. The van der Waals surface area contributed by atoms with Gasteiger partial charge in [0.1, 0.15) is 17.6 Å². The number of pyridine rings is 1. The molecule has 4 heterocycles. The highest BCUT2D eigenvalue weighted by Gasteiger charge is 2.34. The Morgan fingerprint density at radius 2 is 1.85 bits per heavy atom. The molecule has 1 fully saturated rings. The number of furan rings is 1. The molecule has 0 spiro atoms. The molecule has 0 bridgehead atoms. The van der Waals surface area contributed by atoms with Crippen molar-refractivity contribution in [3.05, 3.63) is 99.7 Å². The Balaban J connectivity index is 1.40. The third-order valence-electron chi connectivity index (χ3n) is 7.70. The third kappa shape index (κ3) is 4.62. The van der Waals surface area contributed by atoms with Crippen molar-refractivity contribution in [2.45, 2.75) is 50.9 Å². The highest BCUT2D eigenvalue weighted by atomic mass is 19.1. The summed E-state index contributed by atoms with van der Waals surface area (Å²) in [5.74, 6) is 2.19. The number of hydrogen-bond donors (Lipinski definition) is 1. The van der Waals surface area contributed by atoms with Crippen LogP contribution >= 0.6 is 0 Å². The minimum absolute atomic E-state index is 0.135. The van der Waals surface area contributed by atoms with E-state index in [4.69, 9.17) is 13.9 Å². The molecule has 7 rings (SSSR count). The van der Waals surface area contributed by atoms with E-state index in [9.17, 15) is 9.18 Å². The number of nitrogens with one attached hydrogen (secondary N) is 1. The topological polar surface area (TPSA) is 111 Å². The minimum atomic E-state index is -0.635. The lowest BCUT2D eigenvalue weighted by Crippen LogP contribution is -2.35. The molecule has 40 heavy (non-hydrogen) atoms. The predicted octanol–water partition coefficient (Wildman–Crippen LogP) is 4.88. The largest absolute Gasteiger partial charge is 0.468 e. The molecule has 0 radical (unpaired) electrons. The summed E-state index contributed by atoms with van der Waals surface area (Å²) in [6.07, 6.45) is 5.76. The summed E-state index contributed by atoms with van der Waals surface area (Å²) in [7, 11) is 0. The van der Waals surface area contributed by atoms with Crippen LogP contribution in [0.15, 0.2) is 70.1 Å². The molecule has 1 aliphatic heterocycles. The van der Waals surface area contributed by atoms with Gasteiger partial charge in [0.15, 0.2) is 17.3 Å². The van der Waals surface area contributed by atoms with E-state index in [0.717, 1.165) is 36.6 Å². The molecule has 11 heteroatoms. The van der Waals surface area contributed by atoms with Crippen LogP contribution in [0.1, 0.15) is 60.5 Å². The summed E-state index contributed by atoms with van der Waals surface area (Å²) < 4.78 is 32.5. The number of aromatic amines is 1. The number of aromatic nitrogens is 5. The molecule has 1 saturated carbocycles. The maximum atomic E-state index is 13.8. The highest BCUT2D eigenvalue weighted by Crippen LogP contribution is 2.38. The standard InChI is InChI=1S/C29H27FN6O4/c30-20-9-7-18(8-10-20)15-35(16-22-6-3-11-38-22)27(28-32-33-34-36(28)21-4-1-2-5-21)23-12-19-13-25-26(40-17-39-25)14-24(19)31-29(23)37/h3,6-14,21,27H,1-2,4-5,15-17H2,(H,31,37). The van der Waals surface area contributed by atoms with Gasteiger partial charge in [0.25, 0.3) is 5.56 Å². The van der Waals surface area contributed by atoms with E-state index in [1.165, 1.54) is 12.1 Å². The first-order valence-electron chi connectivity index (χ1n) is 13.4. The molecule has 1 unspecified atom stereocenters. The fourth-order valence-electron chi connectivity index (χ4n) is 5.77. The smallest absolute Gasteiger partial charge is 0.253 e. The number of halogens is 1. The molecule has 204 valence electrons. The van der Waals surface area contributed by atoms with E-state index in [1.807, 2.05) is 28.9 Å². The van der Waals surface area contributed by atoms with Gasteiger partial charge in [-0.2, -0.15) is 0 Å². The van der Waals surface area contributed by atoms with Crippen molar-refractivity contribution in [2.75, 3.05) is 6.79 Å². The zero-order valence-corrected chi connectivity index (χ0v) is 21.6. The first-order chi connectivity index (χ1) is 19.6. The second kappa shape index (κ2) is 10.2. The zero-order valence-electron chi connectivity index (χ0n) is 21.6. The van der Waals surface area contributed by atoms with E-state index in [1.54, 1.807) is 24.5 Å². The van der Waals surface area contributed by atoms with E-state index in [0.29, 0.717) is 47.3 Å². The Bertz CT molecular complexity index is 1690. The molecule has 3 aromatic heterocycles. The van der Waals surface area contributed by atoms with Crippen LogP contribution in [0.2, 0.25) is 0 Å². The molecular formula is C29H27FN6O4. The van der Waals surface area contributed by atoms with Gasteiger partial charge < -0.3 is 18.9 Å². The molecule has 1 atom stereocenters. The van der Waals surface area contributed by atoms with Gasteiger partial charge in [-0.25, -0.2) is 9.07 Å². The van der Waals surface area contributed by atoms with Gasteiger partial charge in [-0.3, -0.25) is 9.69 Å². The first-order valence-corrected chi connectivity index (χ1v) is 13.4. The Morgan fingerprint density at radius 1 is 1.05 bits per heavy atom. The number of tetrazole rings is 1. The third-order valence-corrected chi connectivity index (χ3v) is 7.70. The van der Waals surface area contributed by atoms with E-state index < -0.39 is 6.04 Å². The molecular weight excluding hydrogens is 515 g/mol. The molecule has 0 saturated heterocycles. The summed E-state index contributed by atoms with van der Waals surface area (Å²) in [5.41, 5.74) is 1.73. The number of hydrogen-bond acceptors (Lipinski definition) is 8. The van der Waals surface area contributed by atoms with Gasteiger partial charge in [0.05, 0.1) is 24.4 Å². The van der Waals surface area contributed by atoms with Gasteiger partial charge in [-0.15, -0.1) is 5.10 Å². The molecule has 1 aliphatic carbocycles. The lowest BCUT2D eigenvalue weighted by atomic mass is 10.0. The van der Waals surface area contributed by atoms with Crippen molar-refractivity contribution in [1.82, 2.24) is 30.1 Å². The second-order valence-corrected chi connectivity index (χ2v) is 10.3. The number of rotatable bonds is 8. The minimum Gasteiger partial charge on any atom is -0.468 e.